The summed E-state index contributed by atoms with van der Waals surface area (Å²) in [7, 11) is 0. The summed E-state index contributed by atoms with van der Waals surface area (Å²) in [4.78, 5) is 17.2. The Labute approximate surface area is 231 Å². The maximum Gasteiger partial charge on any atom is 0.264 e. The molecule has 1 fully saturated rings. The number of benzene rings is 3. The van der Waals surface area contributed by atoms with E-state index in [1.54, 1.807) is 29.2 Å². The van der Waals surface area contributed by atoms with Crippen molar-refractivity contribution in [3.63, 3.8) is 0 Å². The first-order valence-electron chi connectivity index (χ1n) is 12.3. The largest absolute Gasteiger partial charge is 0.490 e. The average molecular weight is 571 g/mol. The molecule has 1 saturated heterocycles. The molecule has 0 unspecified atom stereocenters. The van der Waals surface area contributed by atoms with E-state index in [9.17, 15) is 15.3 Å². The van der Waals surface area contributed by atoms with Crippen LogP contribution in [-0.4, -0.2) is 43.6 Å². The molecule has 8 heteroatoms. The van der Waals surface area contributed by atoms with Gasteiger partial charge in [-0.2, -0.15) is 10.5 Å². The molecule has 0 aliphatic carbocycles. The van der Waals surface area contributed by atoms with Crippen molar-refractivity contribution >= 4 is 33.6 Å². The molecule has 192 valence electrons. The van der Waals surface area contributed by atoms with E-state index in [2.05, 4.69) is 45.1 Å². The second kappa shape index (κ2) is 12.8. The molecule has 3 aromatic carbocycles. The van der Waals surface area contributed by atoms with Crippen LogP contribution in [0.3, 0.4) is 0 Å². The van der Waals surface area contributed by atoms with Crippen LogP contribution in [0.4, 0.5) is 5.69 Å². The van der Waals surface area contributed by atoms with Gasteiger partial charge in [-0.25, -0.2) is 0 Å². The maximum atomic E-state index is 13.2. The van der Waals surface area contributed by atoms with Crippen LogP contribution in [0.1, 0.15) is 23.6 Å². The minimum absolute atomic E-state index is 0.0536. The Balaban J connectivity index is 1.50. The van der Waals surface area contributed by atoms with Crippen LogP contribution in [0.2, 0.25) is 0 Å². The predicted octanol–water partition coefficient (Wildman–Crippen LogP) is 5.55. The molecule has 1 aliphatic rings. The van der Waals surface area contributed by atoms with Gasteiger partial charge in [0.25, 0.3) is 5.91 Å². The molecule has 0 bridgehead atoms. The lowest BCUT2D eigenvalue weighted by Gasteiger charge is -2.36. The Bertz CT molecular complexity index is 1400. The molecule has 0 radical (unpaired) electrons. The van der Waals surface area contributed by atoms with E-state index in [1.807, 2.05) is 43.3 Å². The minimum atomic E-state index is -0.293. The molecule has 1 amide bonds. The standard InChI is InChI=1S/C30H27BrN4O3/c1-2-37-28-17-24(27(31)18-29(28)38-21-23-9-7-6-8-22(23)19-32)16-25(20-33)30(36)35-14-12-34(13-15-35)26-10-4-3-5-11-26/h3-11,16-18H,2,12-15,21H2,1H3/b25-16-. The van der Waals surface area contributed by atoms with Gasteiger partial charge in [-0.1, -0.05) is 52.3 Å². The summed E-state index contributed by atoms with van der Waals surface area (Å²) >= 11 is 3.55. The second-order valence-electron chi connectivity index (χ2n) is 8.60. The number of carbonyl (C=O) groups is 1. The van der Waals surface area contributed by atoms with Gasteiger partial charge in [0.05, 0.1) is 18.2 Å². The summed E-state index contributed by atoms with van der Waals surface area (Å²) < 4.78 is 12.5. The summed E-state index contributed by atoms with van der Waals surface area (Å²) in [6, 6.07) is 25.1. The third kappa shape index (κ3) is 6.34. The van der Waals surface area contributed by atoms with Crippen molar-refractivity contribution in [1.29, 1.82) is 10.5 Å². The molecule has 1 heterocycles. The van der Waals surface area contributed by atoms with Crippen molar-refractivity contribution in [1.82, 2.24) is 4.90 Å². The Morgan fingerprint density at radius 2 is 1.66 bits per heavy atom. The van der Waals surface area contributed by atoms with E-state index in [1.165, 1.54) is 0 Å². The van der Waals surface area contributed by atoms with Crippen LogP contribution in [0, 0.1) is 22.7 Å². The Morgan fingerprint density at radius 3 is 2.34 bits per heavy atom. The zero-order chi connectivity index (χ0) is 26.9. The van der Waals surface area contributed by atoms with Crippen LogP contribution in [-0.2, 0) is 11.4 Å². The normalized spacial score (nSPS) is 13.4. The molecule has 0 saturated carbocycles. The molecular formula is C30H27BrN4O3. The van der Waals surface area contributed by atoms with E-state index in [0.29, 0.717) is 59.9 Å². The number of anilines is 1. The van der Waals surface area contributed by atoms with Gasteiger partial charge in [-0.15, -0.1) is 0 Å². The van der Waals surface area contributed by atoms with Gasteiger partial charge in [0.2, 0.25) is 0 Å². The number of carbonyl (C=O) groups excluding carboxylic acids is 1. The number of ether oxygens (including phenoxy) is 2. The predicted molar refractivity (Wildman–Crippen MR) is 150 cm³/mol. The highest BCUT2D eigenvalue weighted by Gasteiger charge is 2.24. The lowest BCUT2D eigenvalue weighted by atomic mass is 10.1. The van der Waals surface area contributed by atoms with Gasteiger partial charge in [0, 0.05) is 41.9 Å². The highest BCUT2D eigenvalue weighted by Crippen LogP contribution is 2.36. The summed E-state index contributed by atoms with van der Waals surface area (Å²) in [6.07, 6.45) is 1.58. The van der Waals surface area contributed by atoms with Gasteiger partial charge in [0.1, 0.15) is 18.2 Å². The van der Waals surface area contributed by atoms with Crippen molar-refractivity contribution in [2.24, 2.45) is 0 Å². The summed E-state index contributed by atoms with van der Waals surface area (Å²) in [5.41, 5.74) is 3.12. The topological polar surface area (TPSA) is 89.6 Å². The van der Waals surface area contributed by atoms with E-state index < -0.39 is 0 Å². The second-order valence-corrected chi connectivity index (χ2v) is 9.45. The fourth-order valence-corrected chi connectivity index (χ4v) is 4.66. The van der Waals surface area contributed by atoms with Gasteiger partial charge < -0.3 is 19.3 Å². The van der Waals surface area contributed by atoms with Crippen LogP contribution in [0.25, 0.3) is 6.08 Å². The van der Waals surface area contributed by atoms with Gasteiger partial charge in [0.15, 0.2) is 11.5 Å². The number of piperazine rings is 1. The molecule has 4 rings (SSSR count). The van der Waals surface area contributed by atoms with Gasteiger partial charge in [-0.3, -0.25) is 4.79 Å². The van der Waals surface area contributed by atoms with Crippen molar-refractivity contribution in [3.8, 4) is 23.6 Å². The smallest absolute Gasteiger partial charge is 0.264 e. The van der Waals surface area contributed by atoms with Crippen molar-refractivity contribution in [2.75, 3.05) is 37.7 Å². The zero-order valence-corrected chi connectivity index (χ0v) is 22.6. The lowest BCUT2D eigenvalue weighted by molar-refractivity contribution is -0.126. The molecule has 0 spiro atoms. The fraction of sp³-hybridized carbons (Fsp3) is 0.233. The molecule has 38 heavy (non-hydrogen) atoms. The summed E-state index contributed by atoms with van der Waals surface area (Å²) in [5.74, 6) is 0.682. The van der Waals surface area contributed by atoms with E-state index in [-0.39, 0.29) is 18.1 Å². The van der Waals surface area contributed by atoms with E-state index in [4.69, 9.17) is 9.47 Å². The molecule has 7 nitrogen and oxygen atoms in total. The van der Waals surface area contributed by atoms with Crippen molar-refractivity contribution in [3.05, 3.63) is 93.5 Å². The van der Waals surface area contributed by atoms with Crippen molar-refractivity contribution in [2.45, 2.75) is 13.5 Å². The average Bonchev–Trinajstić information content (AvgIpc) is 2.96. The third-order valence-electron chi connectivity index (χ3n) is 6.22. The van der Waals surface area contributed by atoms with Gasteiger partial charge in [-0.05, 0) is 48.9 Å². The highest BCUT2D eigenvalue weighted by molar-refractivity contribution is 9.10. The number of hydrogen-bond donors (Lipinski definition) is 0. The SMILES string of the molecule is CCOc1cc(/C=C(/C#N)C(=O)N2CCN(c3ccccc3)CC2)c(Br)cc1OCc1ccccc1C#N. The van der Waals surface area contributed by atoms with E-state index >= 15 is 0 Å². The number of para-hydroxylation sites is 1. The Morgan fingerprint density at radius 1 is 0.974 bits per heavy atom. The monoisotopic (exact) mass is 570 g/mol. The zero-order valence-electron chi connectivity index (χ0n) is 21.1. The van der Waals surface area contributed by atoms with E-state index in [0.717, 1.165) is 11.3 Å². The number of halogens is 1. The number of nitriles is 2. The first kappa shape index (κ1) is 26.8. The first-order chi connectivity index (χ1) is 18.5. The number of amides is 1. The Hall–Kier alpha value is -4.27. The van der Waals surface area contributed by atoms with Crippen LogP contribution < -0.4 is 14.4 Å². The third-order valence-corrected chi connectivity index (χ3v) is 6.91. The lowest BCUT2D eigenvalue weighted by Crippen LogP contribution is -2.49. The highest BCUT2D eigenvalue weighted by atomic mass is 79.9. The quantitative estimate of drug-likeness (QED) is 0.260. The summed E-state index contributed by atoms with van der Waals surface area (Å²) in [5, 5.41) is 19.2. The first-order valence-corrected chi connectivity index (χ1v) is 13.1. The molecular weight excluding hydrogens is 544 g/mol. The molecule has 3 aromatic rings. The Kier molecular flexibility index (Phi) is 9.02. The fourth-order valence-electron chi connectivity index (χ4n) is 4.23. The number of nitrogens with zero attached hydrogens (tertiary/aromatic N) is 4. The van der Waals surface area contributed by atoms with Crippen molar-refractivity contribution < 1.29 is 14.3 Å². The van der Waals surface area contributed by atoms with Gasteiger partial charge >= 0.3 is 0 Å². The van der Waals surface area contributed by atoms with Crippen LogP contribution >= 0.6 is 15.9 Å². The number of hydrogen-bond acceptors (Lipinski definition) is 6. The maximum absolute atomic E-state index is 13.2. The summed E-state index contributed by atoms with van der Waals surface area (Å²) in [6.45, 7) is 4.95. The molecule has 0 atom stereocenters. The number of rotatable bonds is 8. The van der Waals surface area contributed by atoms with Crippen LogP contribution in [0.15, 0.2) is 76.8 Å². The molecule has 0 aromatic heterocycles. The minimum Gasteiger partial charge on any atom is -0.490 e. The van der Waals surface area contributed by atoms with Crippen LogP contribution in [0.5, 0.6) is 11.5 Å². The molecule has 0 N–H and O–H groups in total. The molecule has 1 aliphatic heterocycles.